The number of aliphatic hydroxyl groups excluding tert-OH is 1. The van der Waals surface area contributed by atoms with Crippen LogP contribution in [0.4, 0.5) is 18.9 Å². The first-order valence-corrected chi connectivity index (χ1v) is 17.9. The lowest BCUT2D eigenvalue weighted by atomic mass is 10.0. The Morgan fingerprint density at radius 2 is 1.73 bits per heavy atom. The molecule has 4 rings (SSSR count). The van der Waals surface area contributed by atoms with Crippen molar-refractivity contribution in [2.75, 3.05) is 38.1 Å². The second kappa shape index (κ2) is 16.8. The number of benzene rings is 3. The van der Waals surface area contributed by atoms with Crippen molar-refractivity contribution in [1.29, 1.82) is 0 Å². The molecule has 0 unspecified atom stereocenters. The average Bonchev–Trinajstić information content (AvgIpc) is 3.06. The standard InChI is InChI=1S/C36H46F3N3O6S/c1-25-21-42(26(2)24-43)35(44)32-20-30(40-49(45,46)31-11-6-5-7-12-31)17-18-33(32)48-27(3)10-8-9-19-47-34(25)23-41(4)22-28-13-15-29(16-14-28)36(37,38)39/h5-7,11-18,20,25-27,34,40,43H,8-10,19,21-24H2,1-4H3/t25-,26-,27+,34-/m0/s1. The Morgan fingerprint density at radius 1 is 1.04 bits per heavy atom. The van der Waals surface area contributed by atoms with Crippen LogP contribution >= 0.6 is 0 Å². The van der Waals surface area contributed by atoms with Gasteiger partial charge in [0, 0.05) is 37.8 Å². The zero-order valence-electron chi connectivity index (χ0n) is 28.3. The highest BCUT2D eigenvalue weighted by atomic mass is 32.2. The summed E-state index contributed by atoms with van der Waals surface area (Å²) in [4.78, 5) is 17.9. The van der Waals surface area contributed by atoms with Crippen molar-refractivity contribution in [2.45, 2.75) is 75.9 Å². The Bertz CT molecular complexity index is 1620. The van der Waals surface area contributed by atoms with Crippen molar-refractivity contribution in [1.82, 2.24) is 9.80 Å². The molecule has 1 heterocycles. The SMILES string of the molecule is C[C@@H]1CCCCO[C@@H](CN(C)Cc2ccc(C(F)(F)F)cc2)[C@@H](C)CN([C@@H](C)CO)C(=O)c2cc(NS(=O)(=O)c3ccccc3)ccc2O1. The van der Waals surface area contributed by atoms with Crippen LogP contribution in [0.15, 0.2) is 77.7 Å². The third-order valence-electron chi connectivity index (χ3n) is 8.58. The minimum absolute atomic E-state index is 0.0740. The number of nitrogens with one attached hydrogen (secondary N) is 1. The second-order valence-corrected chi connectivity index (χ2v) is 14.5. The third kappa shape index (κ3) is 10.7. The van der Waals surface area contributed by atoms with Gasteiger partial charge in [-0.2, -0.15) is 13.2 Å². The Morgan fingerprint density at radius 3 is 2.39 bits per heavy atom. The summed E-state index contributed by atoms with van der Waals surface area (Å²) in [6, 6.07) is 17.0. The van der Waals surface area contributed by atoms with Gasteiger partial charge in [-0.25, -0.2) is 8.42 Å². The van der Waals surface area contributed by atoms with Crippen LogP contribution in [0.1, 0.15) is 61.5 Å². The zero-order chi connectivity index (χ0) is 35.8. The van der Waals surface area contributed by atoms with Gasteiger partial charge in [0.25, 0.3) is 15.9 Å². The largest absolute Gasteiger partial charge is 0.490 e. The summed E-state index contributed by atoms with van der Waals surface area (Å²) in [5.74, 6) is -0.353. The molecule has 0 spiro atoms. The number of rotatable bonds is 9. The van der Waals surface area contributed by atoms with E-state index < -0.39 is 33.7 Å². The van der Waals surface area contributed by atoms with Crippen LogP contribution in [0.3, 0.4) is 0 Å². The van der Waals surface area contributed by atoms with Gasteiger partial charge in [0.2, 0.25) is 0 Å². The fraction of sp³-hybridized carbons (Fsp3) is 0.472. The van der Waals surface area contributed by atoms with Crippen molar-refractivity contribution < 1.29 is 41.0 Å². The molecule has 3 aromatic rings. The molecular weight excluding hydrogens is 659 g/mol. The molecule has 2 N–H and O–H groups in total. The number of sulfonamides is 1. The van der Waals surface area contributed by atoms with Crippen molar-refractivity contribution >= 4 is 21.6 Å². The number of fused-ring (bicyclic) bond motifs is 1. The lowest BCUT2D eigenvalue weighted by molar-refractivity contribution is -0.137. The Kier molecular flexibility index (Phi) is 13.1. The van der Waals surface area contributed by atoms with Crippen LogP contribution in [0.5, 0.6) is 5.75 Å². The Labute approximate surface area is 287 Å². The molecule has 1 aliphatic rings. The predicted octanol–water partition coefficient (Wildman–Crippen LogP) is 6.43. The summed E-state index contributed by atoms with van der Waals surface area (Å²) in [5.41, 5.74) is 0.358. The van der Waals surface area contributed by atoms with Crippen LogP contribution in [0.2, 0.25) is 0 Å². The van der Waals surface area contributed by atoms with Crippen LogP contribution in [0, 0.1) is 5.92 Å². The summed E-state index contributed by atoms with van der Waals surface area (Å²) in [7, 11) is -2.07. The molecule has 13 heteroatoms. The average molecular weight is 706 g/mol. The number of carbonyl (C=O) groups excluding carboxylic acids is 1. The summed E-state index contributed by atoms with van der Waals surface area (Å²) >= 11 is 0. The molecule has 4 atom stereocenters. The van der Waals surface area contributed by atoms with Crippen molar-refractivity contribution in [2.24, 2.45) is 5.92 Å². The number of hydrogen-bond donors (Lipinski definition) is 2. The van der Waals surface area contributed by atoms with Crippen molar-refractivity contribution in [3.8, 4) is 5.75 Å². The van der Waals surface area contributed by atoms with E-state index >= 15 is 0 Å². The molecule has 1 amide bonds. The van der Waals surface area contributed by atoms with Crippen molar-refractivity contribution in [3.05, 3.63) is 89.5 Å². The topological polar surface area (TPSA) is 108 Å². The van der Waals surface area contributed by atoms with Gasteiger partial charge in [-0.15, -0.1) is 0 Å². The number of alkyl halides is 3. The molecular formula is C36H46F3N3O6S. The maximum absolute atomic E-state index is 14.3. The quantitative estimate of drug-likeness (QED) is 0.264. The maximum atomic E-state index is 14.3. The van der Waals surface area contributed by atoms with Crippen LogP contribution in [-0.2, 0) is 27.5 Å². The molecule has 0 aromatic heterocycles. The van der Waals surface area contributed by atoms with Gasteiger partial charge >= 0.3 is 6.18 Å². The van der Waals surface area contributed by atoms with Gasteiger partial charge < -0.3 is 19.5 Å². The molecule has 3 aromatic carbocycles. The number of likely N-dealkylation sites (N-methyl/N-ethyl adjacent to an activating group) is 1. The van der Waals surface area contributed by atoms with Crippen LogP contribution in [-0.4, -0.2) is 80.8 Å². The van der Waals surface area contributed by atoms with E-state index in [2.05, 4.69) is 4.72 Å². The van der Waals surface area contributed by atoms with Gasteiger partial charge in [0.15, 0.2) is 0 Å². The van der Waals surface area contributed by atoms with E-state index in [1.165, 1.54) is 30.3 Å². The van der Waals surface area contributed by atoms with Crippen molar-refractivity contribution in [3.63, 3.8) is 0 Å². The fourth-order valence-electron chi connectivity index (χ4n) is 5.74. The number of halogens is 3. The van der Waals surface area contributed by atoms with Crippen LogP contribution in [0.25, 0.3) is 0 Å². The first-order valence-electron chi connectivity index (χ1n) is 16.4. The van der Waals surface area contributed by atoms with E-state index in [1.54, 1.807) is 42.2 Å². The highest BCUT2D eigenvalue weighted by Crippen LogP contribution is 2.31. The van der Waals surface area contributed by atoms with Gasteiger partial charge in [0.1, 0.15) is 5.75 Å². The predicted molar refractivity (Wildman–Crippen MR) is 182 cm³/mol. The molecule has 1 aliphatic heterocycles. The number of ether oxygens (including phenoxy) is 2. The summed E-state index contributed by atoms with van der Waals surface area (Å²) in [5, 5.41) is 10.2. The fourth-order valence-corrected chi connectivity index (χ4v) is 6.82. The number of carbonyl (C=O) groups is 1. The molecule has 9 nitrogen and oxygen atoms in total. The van der Waals surface area contributed by atoms with E-state index in [0.717, 1.165) is 30.5 Å². The third-order valence-corrected chi connectivity index (χ3v) is 9.98. The molecule has 0 fully saturated rings. The van der Waals surface area contributed by atoms with E-state index in [-0.39, 0.29) is 47.4 Å². The minimum atomic E-state index is -4.41. The van der Waals surface area contributed by atoms with Gasteiger partial charge in [-0.1, -0.05) is 37.3 Å². The maximum Gasteiger partial charge on any atom is 0.416 e. The second-order valence-electron chi connectivity index (χ2n) is 12.8. The molecule has 0 radical (unpaired) electrons. The molecule has 268 valence electrons. The van der Waals surface area contributed by atoms with E-state index in [4.69, 9.17) is 9.47 Å². The number of aliphatic hydroxyl groups is 1. The molecule has 0 bridgehead atoms. The number of anilines is 1. The molecule has 0 saturated carbocycles. The zero-order valence-corrected chi connectivity index (χ0v) is 29.1. The molecule has 49 heavy (non-hydrogen) atoms. The summed E-state index contributed by atoms with van der Waals surface area (Å²) < 4.78 is 80.6. The number of hydrogen-bond acceptors (Lipinski definition) is 7. The van der Waals surface area contributed by atoms with Gasteiger partial charge in [0.05, 0.1) is 40.9 Å². The lowest BCUT2D eigenvalue weighted by Crippen LogP contribution is -2.47. The lowest BCUT2D eigenvalue weighted by Gasteiger charge is -2.36. The first-order chi connectivity index (χ1) is 23.2. The van der Waals surface area contributed by atoms with Gasteiger partial charge in [-0.05, 0) is 88.2 Å². The van der Waals surface area contributed by atoms with E-state index in [9.17, 15) is 31.5 Å². The highest BCUT2D eigenvalue weighted by molar-refractivity contribution is 7.92. The monoisotopic (exact) mass is 705 g/mol. The number of nitrogens with zero attached hydrogens (tertiary/aromatic N) is 2. The smallest absolute Gasteiger partial charge is 0.416 e. The van der Waals surface area contributed by atoms with Crippen LogP contribution < -0.4 is 9.46 Å². The molecule has 0 saturated heterocycles. The van der Waals surface area contributed by atoms with E-state index in [1.807, 2.05) is 25.8 Å². The highest BCUT2D eigenvalue weighted by Gasteiger charge is 2.32. The summed E-state index contributed by atoms with van der Waals surface area (Å²) in [6.07, 6.45) is -2.76. The normalized spacial score (nSPS) is 20.6. The minimum Gasteiger partial charge on any atom is -0.490 e. The first kappa shape index (κ1) is 38.2. The van der Waals surface area contributed by atoms with E-state index in [0.29, 0.717) is 31.9 Å². The summed E-state index contributed by atoms with van der Waals surface area (Å²) in [6.45, 7) is 6.79. The Hall–Kier alpha value is -3.65. The number of amides is 1. The Balaban J connectivity index is 1.60. The van der Waals surface area contributed by atoms with Gasteiger partial charge in [-0.3, -0.25) is 14.4 Å². The molecule has 0 aliphatic carbocycles.